The number of carbonyl (C=O) groups is 2. The molecule has 0 saturated carbocycles. The Hall–Kier alpha value is -2.22. The number of aryl methyl sites for hydroxylation is 1. The van der Waals surface area contributed by atoms with Gasteiger partial charge in [0.2, 0.25) is 17.6 Å². The molecule has 0 bridgehead atoms. The molecular formula is C15H19N3O4S. The lowest BCUT2D eigenvalue weighted by Crippen LogP contribution is -2.39. The Bertz CT molecular complexity index is 653. The van der Waals surface area contributed by atoms with Crippen LogP contribution in [0.4, 0.5) is 0 Å². The first kappa shape index (κ1) is 17.1. The van der Waals surface area contributed by atoms with Crippen LogP contribution >= 0.6 is 11.3 Å². The highest BCUT2D eigenvalue weighted by Crippen LogP contribution is 2.21. The Kier molecular flexibility index (Phi) is 5.86. The van der Waals surface area contributed by atoms with Crippen LogP contribution in [-0.2, 0) is 16.0 Å². The molecule has 2 aromatic heterocycles. The molecule has 0 fully saturated rings. The van der Waals surface area contributed by atoms with Crippen LogP contribution in [0.2, 0.25) is 0 Å². The Labute approximate surface area is 137 Å². The second-order valence-electron chi connectivity index (χ2n) is 5.33. The van der Waals surface area contributed by atoms with E-state index < -0.39 is 17.9 Å². The van der Waals surface area contributed by atoms with E-state index in [2.05, 4.69) is 15.5 Å². The lowest BCUT2D eigenvalue weighted by atomic mass is 10.0. The first-order valence-corrected chi connectivity index (χ1v) is 8.24. The quantitative estimate of drug-likeness (QED) is 0.766. The minimum absolute atomic E-state index is 0.177. The number of aliphatic carboxylic acids is 1. The lowest BCUT2D eigenvalue weighted by Gasteiger charge is -2.17. The third-order valence-corrected chi connectivity index (χ3v) is 4.40. The number of nitrogens with zero attached hydrogens (tertiary/aromatic N) is 2. The predicted molar refractivity (Wildman–Crippen MR) is 85.0 cm³/mol. The molecule has 2 N–H and O–H groups in total. The smallest absolute Gasteiger partial charge is 0.308 e. The van der Waals surface area contributed by atoms with E-state index in [1.165, 1.54) is 11.3 Å². The number of carboxylic acid groups (broad SMARTS) is 1. The number of carboxylic acids is 1. The van der Waals surface area contributed by atoms with E-state index in [4.69, 9.17) is 9.63 Å². The maximum atomic E-state index is 11.8. The number of carbonyl (C=O) groups excluding carboxylic acids is 1. The van der Waals surface area contributed by atoms with Crippen molar-refractivity contribution in [3.8, 4) is 10.7 Å². The normalized spacial score (nSPS) is 13.5. The highest BCUT2D eigenvalue weighted by atomic mass is 32.1. The van der Waals surface area contributed by atoms with Gasteiger partial charge in [-0.1, -0.05) is 11.2 Å². The van der Waals surface area contributed by atoms with Gasteiger partial charge >= 0.3 is 5.97 Å². The lowest BCUT2D eigenvalue weighted by molar-refractivity contribution is -0.142. The molecule has 8 heteroatoms. The number of nitrogens with one attached hydrogen (secondary N) is 1. The molecule has 2 aromatic rings. The van der Waals surface area contributed by atoms with E-state index in [0.29, 0.717) is 24.6 Å². The summed E-state index contributed by atoms with van der Waals surface area (Å²) in [6.45, 7) is 3.25. The molecule has 0 saturated heterocycles. The summed E-state index contributed by atoms with van der Waals surface area (Å²) < 4.78 is 5.16. The zero-order chi connectivity index (χ0) is 16.8. The van der Waals surface area contributed by atoms with Crippen molar-refractivity contribution in [1.29, 1.82) is 0 Å². The summed E-state index contributed by atoms with van der Waals surface area (Å²) in [5.74, 6) is -0.673. The van der Waals surface area contributed by atoms with Crippen LogP contribution in [0.1, 0.15) is 32.6 Å². The van der Waals surface area contributed by atoms with Crippen molar-refractivity contribution in [1.82, 2.24) is 15.5 Å². The summed E-state index contributed by atoms with van der Waals surface area (Å²) >= 11 is 1.53. The molecule has 0 aliphatic rings. The molecule has 0 radical (unpaired) electrons. The summed E-state index contributed by atoms with van der Waals surface area (Å²) in [5.41, 5.74) is 0. The molecule has 23 heavy (non-hydrogen) atoms. The predicted octanol–water partition coefficient (Wildman–Crippen LogP) is 2.35. The summed E-state index contributed by atoms with van der Waals surface area (Å²) in [6.07, 6.45) is 1.36. The van der Waals surface area contributed by atoms with Crippen LogP contribution in [0.5, 0.6) is 0 Å². The monoisotopic (exact) mass is 337 g/mol. The Morgan fingerprint density at radius 3 is 2.87 bits per heavy atom. The van der Waals surface area contributed by atoms with Crippen molar-refractivity contribution in [2.45, 2.75) is 39.2 Å². The Morgan fingerprint density at radius 2 is 2.22 bits per heavy atom. The zero-order valence-electron chi connectivity index (χ0n) is 13.0. The van der Waals surface area contributed by atoms with Gasteiger partial charge in [0.05, 0.1) is 10.8 Å². The fourth-order valence-electron chi connectivity index (χ4n) is 1.93. The van der Waals surface area contributed by atoms with Crippen molar-refractivity contribution < 1.29 is 19.2 Å². The number of hydrogen-bond acceptors (Lipinski definition) is 6. The summed E-state index contributed by atoms with van der Waals surface area (Å²) in [4.78, 5) is 27.9. The van der Waals surface area contributed by atoms with Gasteiger partial charge < -0.3 is 14.9 Å². The molecule has 124 valence electrons. The molecule has 2 atom stereocenters. The molecule has 0 aromatic carbocycles. The molecule has 2 heterocycles. The second kappa shape index (κ2) is 7.87. The first-order chi connectivity index (χ1) is 11.0. The van der Waals surface area contributed by atoms with Crippen molar-refractivity contribution in [2.75, 3.05) is 0 Å². The highest BCUT2D eigenvalue weighted by Gasteiger charge is 2.20. The van der Waals surface area contributed by atoms with E-state index in [1.807, 2.05) is 17.5 Å². The molecule has 0 spiro atoms. The highest BCUT2D eigenvalue weighted by molar-refractivity contribution is 7.13. The third kappa shape index (κ3) is 4.88. The van der Waals surface area contributed by atoms with Gasteiger partial charge in [-0.2, -0.15) is 4.98 Å². The van der Waals surface area contributed by atoms with Crippen LogP contribution in [-0.4, -0.2) is 33.2 Å². The minimum Gasteiger partial charge on any atom is -0.481 e. The van der Waals surface area contributed by atoms with Crippen molar-refractivity contribution in [3.05, 3.63) is 23.4 Å². The number of hydrogen-bond donors (Lipinski definition) is 2. The van der Waals surface area contributed by atoms with Gasteiger partial charge in [-0.15, -0.1) is 11.3 Å². The Morgan fingerprint density at radius 1 is 1.43 bits per heavy atom. The van der Waals surface area contributed by atoms with Crippen LogP contribution in [0, 0.1) is 5.92 Å². The standard InChI is InChI=1S/C15H19N3O4S/c1-9(15(20)21)10(2)16-12(19)6-3-7-13-17-14(18-22-13)11-5-4-8-23-11/h4-5,8-10H,3,6-7H2,1-2H3,(H,16,19)(H,20,21). The van der Waals surface area contributed by atoms with Crippen LogP contribution in [0.15, 0.2) is 22.0 Å². The van der Waals surface area contributed by atoms with E-state index in [0.717, 1.165) is 4.88 Å². The van der Waals surface area contributed by atoms with Gasteiger partial charge in [-0.3, -0.25) is 9.59 Å². The number of aromatic nitrogens is 2. The molecule has 7 nitrogen and oxygen atoms in total. The van der Waals surface area contributed by atoms with Crippen LogP contribution in [0.25, 0.3) is 10.7 Å². The second-order valence-corrected chi connectivity index (χ2v) is 6.27. The SMILES string of the molecule is CC(NC(=O)CCCc1nc(-c2cccs2)no1)C(C)C(=O)O. The van der Waals surface area contributed by atoms with Gasteiger partial charge in [-0.25, -0.2) is 0 Å². The van der Waals surface area contributed by atoms with E-state index in [1.54, 1.807) is 13.8 Å². The molecule has 2 unspecified atom stereocenters. The first-order valence-electron chi connectivity index (χ1n) is 7.36. The molecule has 1 amide bonds. The van der Waals surface area contributed by atoms with Crippen molar-refractivity contribution >= 4 is 23.2 Å². The molecular weight excluding hydrogens is 318 g/mol. The van der Waals surface area contributed by atoms with Crippen molar-refractivity contribution in [3.63, 3.8) is 0 Å². The Balaban J connectivity index is 1.74. The summed E-state index contributed by atoms with van der Waals surface area (Å²) in [6, 6.07) is 3.42. The van der Waals surface area contributed by atoms with Gasteiger partial charge in [-0.05, 0) is 31.7 Å². The van der Waals surface area contributed by atoms with Crippen LogP contribution < -0.4 is 5.32 Å². The van der Waals surface area contributed by atoms with Gasteiger partial charge in [0.1, 0.15) is 0 Å². The average Bonchev–Trinajstić information content (AvgIpc) is 3.16. The summed E-state index contributed by atoms with van der Waals surface area (Å²) in [7, 11) is 0. The van der Waals surface area contributed by atoms with Gasteiger partial charge in [0.25, 0.3) is 0 Å². The van der Waals surface area contributed by atoms with E-state index in [-0.39, 0.29) is 12.3 Å². The maximum absolute atomic E-state index is 11.8. The number of rotatable bonds is 8. The molecule has 0 aliphatic heterocycles. The van der Waals surface area contributed by atoms with Gasteiger partial charge in [0.15, 0.2) is 0 Å². The minimum atomic E-state index is -0.926. The third-order valence-electron chi connectivity index (χ3n) is 3.53. The fraction of sp³-hybridized carbons (Fsp3) is 0.467. The topological polar surface area (TPSA) is 105 Å². The number of amides is 1. The van der Waals surface area contributed by atoms with E-state index >= 15 is 0 Å². The maximum Gasteiger partial charge on any atom is 0.308 e. The molecule has 2 rings (SSSR count). The fourth-order valence-corrected chi connectivity index (χ4v) is 2.58. The van der Waals surface area contributed by atoms with Crippen molar-refractivity contribution in [2.24, 2.45) is 5.92 Å². The zero-order valence-corrected chi connectivity index (χ0v) is 13.8. The molecule has 0 aliphatic carbocycles. The van der Waals surface area contributed by atoms with E-state index in [9.17, 15) is 9.59 Å². The average molecular weight is 337 g/mol. The largest absolute Gasteiger partial charge is 0.481 e. The number of thiophene rings is 1. The van der Waals surface area contributed by atoms with Gasteiger partial charge in [0, 0.05) is 18.9 Å². The van der Waals surface area contributed by atoms with Crippen LogP contribution in [0.3, 0.4) is 0 Å². The summed E-state index contributed by atoms with van der Waals surface area (Å²) in [5, 5.41) is 17.4.